The van der Waals surface area contributed by atoms with Crippen LogP contribution in [0.2, 0.25) is 5.02 Å². The molecule has 0 saturated carbocycles. The highest BCUT2D eigenvalue weighted by atomic mass is 35.5. The van der Waals surface area contributed by atoms with Gasteiger partial charge in [0.2, 0.25) is 5.91 Å². The van der Waals surface area contributed by atoms with Crippen LogP contribution in [-0.2, 0) is 19.4 Å². The second-order valence-electron chi connectivity index (χ2n) is 7.36. The number of hydrogen-bond donors (Lipinski definition) is 0. The van der Waals surface area contributed by atoms with Crippen molar-refractivity contribution in [2.45, 2.75) is 13.0 Å². The van der Waals surface area contributed by atoms with Gasteiger partial charge in [-0.15, -0.1) is 0 Å². The molecule has 1 amide bonds. The van der Waals surface area contributed by atoms with Gasteiger partial charge in [0, 0.05) is 17.0 Å². The van der Waals surface area contributed by atoms with E-state index in [1.54, 1.807) is 36.4 Å². The molecule has 1 aliphatic rings. The van der Waals surface area contributed by atoms with Crippen molar-refractivity contribution >= 4 is 39.2 Å². The number of ether oxygens (including phenoxy) is 2. The van der Waals surface area contributed by atoms with Gasteiger partial charge in [-0.2, -0.15) is 0 Å². The molecule has 3 rings (SSSR count). The number of nitrogens with zero attached hydrogens (tertiary/aromatic N) is 1. The van der Waals surface area contributed by atoms with E-state index in [0.29, 0.717) is 22.9 Å². The largest absolute Gasteiger partial charge is 0.490 e. The highest BCUT2D eigenvalue weighted by Crippen LogP contribution is 2.24. The first-order valence-corrected chi connectivity index (χ1v) is 12.1. The Morgan fingerprint density at radius 2 is 1.97 bits per heavy atom. The molecule has 0 aromatic heterocycles. The Morgan fingerprint density at radius 3 is 2.69 bits per heavy atom. The topological polar surface area (TPSA) is 90.0 Å². The maximum Gasteiger partial charge on any atom is 0.238 e. The third-order valence-electron chi connectivity index (χ3n) is 4.83. The summed E-state index contributed by atoms with van der Waals surface area (Å²) < 4.78 is 36.1. The van der Waals surface area contributed by atoms with Gasteiger partial charge in [-0.1, -0.05) is 41.9 Å². The minimum atomic E-state index is -3.71. The summed E-state index contributed by atoms with van der Waals surface area (Å²) in [5.41, 5.74) is 1.09. The van der Waals surface area contributed by atoms with Crippen molar-refractivity contribution in [3.63, 3.8) is 0 Å². The van der Waals surface area contributed by atoms with E-state index in [2.05, 4.69) is 0 Å². The standard InChI is InChI=1S/C23H24ClNO6S/c1-17(26)21-13-19(24)7-8-22(21)31-15-20-14-25(10-11-30-20)23(27)16-32(28,29)12-9-18-5-3-2-4-6-18/h2-9,12-13,20H,10-11,14-16H2,1H3/b12-9+. The molecule has 0 aliphatic carbocycles. The van der Waals surface area contributed by atoms with Gasteiger partial charge >= 0.3 is 0 Å². The lowest BCUT2D eigenvalue weighted by molar-refractivity contribution is -0.137. The smallest absolute Gasteiger partial charge is 0.238 e. The Bertz CT molecular complexity index is 1100. The zero-order chi connectivity index (χ0) is 23.1. The fourth-order valence-electron chi connectivity index (χ4n) is 3.19. The Balaban J connectivity index is 1.57. The number of ketones is 1. The summed E-state index contributed by atoms with van der Waals surface area (Å²) in [6.45, 7) is 2.28. The molecule has 1 saturated heterocycles. The number of rotatable bonds is 8. The SMILES string of the molecule is CC(=O)c1cc(Cl)ccc1OCC1CN(C(=O)CS(=O)(=O)/C=C/c2ccccc2)CCO1. The van der Waals surface area contributed by atoms with Crippen molar-refractivity contribution in [2.75, 3.05) is 32.1 Å². The maximum atomic E-state index is 12.6. The molecule has 9 heteroatoms. The fourth-order valence-corrected chi connectivity index (χ4v) is 4.35. The van der Waals surface area contributed by atoms with Gasteiger partial charge in [0.1, 0.15) is 24.2 Å². The fraction of sp³-hybridized carbons (Fsp3) is 0.304. The van der Waals surface area contributed by atoms with Crippen molar-refractivity contribution in [1.29, 1.82) is 0 Å². The van der Waals surface area contributed by atoms with Gasteiger partial charge in [-0.3, -0.25) is 9.59 Å². The molecule has 2 aromatic rings. The van der Waals surface area contributed by atoms with Crippen LogP contribution in [0.3, 0.4) is 0 Å². The molecule has 170 valence electrons. The highest BCUT2D eigenvalue weighted by Gasteiger charge is 2.27. The summed E-state index contributed by atoms with van der Waals surface area (Å²) in [5, 5.41) is 1.49. The number of halogens is 1. The van der Waals surface area contributed by atoms with Crippen molar-refractivity contribution < 1.29 is 27.5 Å². The van der Waals surface area contributed by atoms with Gasteiger partial charge < -0.3 is 14.4 Å². The van der Waals surface area contributed by atoms with Gasteiger partial charge in [0.25, 0.3) is 0 Å². The van der Waals surface area contributed by atoms with Gasteiger partial charge in [-0.25, -0.2) is 8.42 Å². The van der Waals surface area contributed by atoms with Gasteiger partial charge in [0.05, 0.1) is 18.7 Å². The molecule has 1 heterocycles. The summed E-state index contributed by atoms with van der Waals surface area (Å²) in [4.78, 5) is 25.8. The van der Waals surface area contributed by atoms with Crippen molar-refractivity contribution in [2.24, 2.45) is 0 Å². The molecule has 1 aliphatic heterocycles. The van der Waals surface area contributed by atoms with E-state index >= 15 is 0 Å². The summed E-state index contributed by atoms with van der Waals surface area (Å²) in [7, 11) is -3.71. The summed E-state index contributed by atoms with van der Waals surface area (Å²) in [6, 6.07) is 13.8. The van der Waals surface area contributed by atoms with Crippen LogP contribution >= 0.6 is 11.6 Å². The number of morpholine rings is 1. The van der Waals surface area contributed by atoms with Crippen LogP contribution in [0.15, 0.2) is 53.9 Å². The number of amides is 1. The van der Waals surface area contributed by atoms with Gasteiger partial charge in [0.15, 0.2) is 15.6 Å². The second kappa shape index (κ2) is 10.8. The van der Waals surface area contributed by atoms with E-state index in [1.165, 1.54) is 24.0 Å². The Morgan fingerprint density at radius 1 is 1.22 bits per heavy atom. The van der Waals surface area contributed by atoms with E-state index in [4.69, 9.17) is 21.1 Å². The van der Waals surface area contributed by atoms with Crippen LogP contribution in [0.4, 0.5) is 0 Å². The third kappa shape index (κ3) is 6.91. The zero-order valence-electron chi connectivity index (χ0n) is 17.6. The summed E-state index contributed by atoms with van der Waals surface area (Å²) in [5.74, 6) is -0.914. The second-order valence-corrected chi connectivity index (χ2v) is 9.68. The van der Waals surface area contributed by atoms with Crippen molar-refractivity contribution in [3.8, 4) is 5.75 Å². The van der Waals surface area contributed by atoms with Crippen LogP contribution in [-0.4, -0.2) is 63.2 Å². The molecule has 0 spiro atoms. The average molecular weight is 478 g/mol. The van der Waals surface area contributed by atoms with Crippen LogP contribution in [0.1, 0.15) is 22.8 Å². The van der Waals surface area contributed by atoms with Gasteiger partial charge in [-0.05, 0) is 36.8 Å². The average Bonchev–Trinajstić information content (AvgIpc) is 2.77. The van der Waals surface area contributed by atoms with Crippen molar-refractivity contribution in [3.05, 3.63) is 70.1 Å². The molecule has 0 N–H and O–H groups in total. The lowest BCUT2D eigenvalue weighted by Crippen LogP contribution is -2.49. The minimum absolute atomic E-state index is 0.104. The predicted molar refractivity (Wildman–Crippen MR) is 123 cm³/mol. The van der Waals surface area contributed by atoms with Crippen LogP contribution in [0, 0.1) is 0 Å². The zero-order valence-corrected chi connectivity index (χ0v) is 19.1. The van der Waals surface area contributed by atoms with E-state index in [-0.39, 0.29) is 25.5 Å². The Kier molecular flexibility index (Phi) is 8.06. The molecule has 32 heavy (non-hydrogen) atoms. The number of hydrogen-bond acceptors (Lipinski definition) is 6. The lowest BCUT2D eigenvalue weighted by atomic mass is 10.1. The first-order chi connectivity index (χ1) is 15.2. The van der Waals surface area contributed by atoms with E-state index in [9.17, 15) is 18.0 Å². The molecule has 2 aromatic carbocycles. The number of sulfone groups is 1. The van der Waals surface area contributed by atoms with Crippen LogP contribution in [0.5, 0.6) is 5.75 Å². The number of carbonyl (C=O) groups is 2. The monoisotopic (exact) mass is 477 g/mol. The normalized spacial score (nSPS) is 16.8. The molecule has 1 unspecified atom stereocenters. The van der Waals surface area contributed by atoms with E-state index in [1.807, 2.05) is 6.07 Å². The summed E-state index contributed by atoms with van der Waals surface area (Å²) in [6.07, 6.45) is 1.02. The van der Waals surface area contributed by atoms with Crippen molar-refractivity contribution in [1.82, 2.24) is 4.90 Å². The number of carbonyl (C=O) groups excluding carboxylic acids is 2. The van der Waals surface area contributed by atoms with Crippen LogP contribution in [0.25, 0.3) is 6.08 Å². The molecule has 0 bridgehead atoms. The maximum absolute atomic E-state index is 12.6. The summed E-state index contributed by atoms with van der Waals surface area (Å²) >= 11 is 5.94. The number of Topliss-reactive ketones (excluding diaryl/α,β-unsaturated/α-hetero) is 1. The molecule has 7 nitrogen and oxygen atoms in total. The third-order valence-corrected chi connectivity index (χ3v) is 6.26. The van der Waals surface area contributed by atoms with Crippen LogP contribution < -0.4 is 4.74 Å². The molecule has 0 radical (unpaired) electrons. The Hall–Kier alpha value is -2.68. The predicted octanol–water partition coefficient (Wildman–Crippen LogP) is 3.23. The molecular formula is C23H24ClNO6S. The lowest BCUT2D eigenvalue weighted by Gasteiger charge is -2.32. The van der Waals surface area contributed by atoms with E-state index in [0.717, 1.165) is 11.0 Å². The molecule has 1 fully saturated rings. The minimum Gasteiger partial charge on any atom is -0.490 e. The highest BCUT2D eigenvalue weighted by molar-refractivity contribution is 7.95. The van der Waals surface area contributed by atoms with E-state index < -0.39 is 27.6 Å². The quantitative estimate of drug-likeness (QED) is 0.542. The molecular weight excluding hydrogens is 454 g/mol. The first-order valence-electron chi connectivity index (χ1n) is 10.0. The first kappa shape index (κ1) is 24.0. The molecule has 1 atom stereocenters. The number of benzene rings is 2. The Labute approximate surface area is 192 Å².